The van der Waals surface area contributed by atoms with Gasteiger partial charge in [-0.3, -0.25) is 4.79 Å². The van der Waals surface area contributed by atoms with Gasteiger partial charge in [0.2, 0.25) is 5.91 Å². The van der Waals surface area contributed by atoms with Crippen molar-refractivity contribution in [1.29, 1.82) is 0 Å². The molecule has 1 unspecified atom stereocenters. The number of hydrogen-bond acceptors (Lipinski definition) is 3. The monoisotopic (exact) mass is 620 g/mol. The van der Waals surface area contributed by atoms with Crippen LogP contribution >= 0.6 is 43.5 Å². The van der Waals surface area contributed by atoms with E-state index in [4.69, 9.17) is 16.3 Å². The van der Waals surface area contributed by atoms with Crippen LogP contribution in [0.25, 0.3) is 11.1 Å². The third kappa shape index (κ3) is 8.37. The maximum atomic E-state index is 13.3. The van der Waals surface area contributed by atoms with E-state index < -0.39 is 17.7 Å². The molecule has 0 saturated carbocycles. The van der Waals surface area contributed by atoms with E-state index in [1.54, 1.807) is 20.8 Å². The minimum atomic E-state index is -0.849. The van der Waals surface area contributed by atoms with Crippen LogP contribution in [0.3, 0.4) is 0 Å². The molecule has 3 aromatic carbocycles. The van der Waals surface area contributed by atoms with Gasteiger partial charge in [-0.1, -0.05) is 61.7 Å². The Morgan fingerprint density at radius 2 is 1.63 bits per heavy atom. The number of aryl methyl sites for hydroxylation is 1. The van der Waals surface area contributed by atoms with Crippen molar-refractivity contribution in [2.24, 2.45) is 0 Å². The minimum absolute atomic E-state index is 0.281. The molecule has 0 radical (unpaired) electrons. The Hall–Kier alpha value is -2.35. The molecule has 0 heterocycles. The molecule has 0 bridgehead atoms. The van der Waals surface area contributed by atoms with Crippen molar-refractivity contribution in [1.82, 2.24) is 5.32 Å². The van der Waals surface area contributed by atoms with Crippen LogP contribution in [0.2, 0.25) is 5.02 Å². The molecule has 2 N–H and O–H groups in total. The van der Waals surface area contributed by atoms with Gasteiger partial charge in [-0.25, -0.2) is 4.79 Å². The number of ether oxygens (including phenoxy) is 1. The fourth-order valence-corrected chi connectivity index (χ4v) is 5.07. The average molecular weight is 623 g/mol. The number of alkyl carbamates (subject to hydrolysis) is 1. The van der Waals surface area contributed by atoms with E-state index >= 15 is 0 Å². The summed E-state index contributed by atoms with van der Waals surface area (Å²) in [7, 11) is 0. The summed E-state index contributed by atoms with van der Waals surface area (Å²) in [5.74, 6) is -0.342. The van der Waals surface area contributed by atoms with E-state index in [0.29, 0.717) is 10.7 Å². The second-order valence-electron chi connectivity index (χ2n) is 9.21. The Morgan fingerprint density at radius 1 is 0.971 bits per heavy atom. The number of benzene rings is 3. The second kappa shape index (κ2) is 11.6. The zero-order valence-corrected chi connectivity index (χ0v) is 23.8. The van der Waals surface area contributed by atoms with Crippen molar-refractivity contribution in [2.45, 2.75) is 45.8 Å². The average Bonchev–Trinajstić information content (AvgIpc) is 2.72. The molecule has 3 rings (SSSR count). The van der Waals surface area contributed by atoms with Gasteiger partial charge in [-0.05, 0) is 92.4 Å². The molecule has 184 valence electrons. The van der Waals surface area contributed by atoms with Crippen molar-refractivity contribution in [3.63, 3.8) is 0 Å². The summed E-state index contributed by atoms with van der Waals surface area (Å²) in [5.41, 5.74) is 3.71. The number of carbonyl (C=O) groups excluding carboxylic acids is 2. The summed E-state index contributed by atoms with van der Waals surface area (Å²) in [5, 5.41) is 6.34. The minimum Gasteiger partial charge on any atom is -0.444 e. The van der Waals surface area contributed by atoms with Gasteiger partial charge < -0.3 is 15.4 Å². The Morgan fingerprint density at radius 3 is 2.23 bits per heavy atom. The zero-order valence-electron chi connectivity index (χ0n) is 19.9. The van der Waals surface area contributed by atoms with Gasteiger partial charge >= 0.3 is 6.09 Å². The van der Waals surface area contributed by atoms with Crippen molar-refractivity contribution in [3.05, 3.63) is 85.8 Å². The van der Waals surface area contributed by atoms with Crippen molar-refractivity contribution < 1.29 is 14.3 Å². The van der Waals surface area contributed by atoms with Crippen LogP contribution in [0.1, 0.15) is 31.9 Å². The van der Waals surface area contributed by atoms with E-state index in [1.165, 1.54) is 0 Å². The maximum absolute atomic E-state index is 13.3. The van der Waals surface area contributed by atoms with E-state index in [0.717, 1.165) is 31.2 Å². The Bertz CT molecular complexity index is 1220. The molecule has 0 aliphatic heterocycles. The first-order valence-corrected chi connectivity index (χ1v) is 13.0. The molecule has 35 heavy (non-hydrogen) atoms. The lowest BCUT2D eigenvalue weighted by Gasteiger charge is -2.24. The summed E-state index contributed by atoms with van der Waals surface area (Å²) in [4.78, 5) is 25.8. The molecular weight excluding hydrogens is 596 g/mol. The summed E-state index contributed by atoms with van der Waals surface area (Å²) < 4.78 is 7.13. The normalized spacial score (nSPS) is 12.1. The van der Waals surface area contributed by atoms with E-state index in [-0.39, 0.29) is 12.3 Å². The van der Waals surface area contributed by atoms with Gasteiger partial charge in [0, 0.05) is 26.1 Å². The number of carbonyl (C=O) groups is 2. The topological polar surface area (TPSA) is 67.4 Å². The highest BCUT2D eigenvalue weighted by molar-refractivity contribution is 9.11. The summed E-state index contributed by atoms with van der Waals surface area (Å²) in [6.07, 6.45) is -0.373. The Kier molecular flexibility index (Phi) is 9.02. The number of halogens is 3. The number of nitrogens with one attached hydrogen (secondary N) is 2. The lowest BCUT2D eigenvalue weighted by molar-refractivity contribution is -0.118. The van der Waals surface area contributed by atoms with Crippen molar-refractivity contribution in [2.75, 3.05) is 5.32 Å². The molecule has 2 amide bonds. The number of hydrogen-bond donors (Lipinski definition) is 2. The van der Waals surface area contributed by atoms with Crippen LogP contribution in [0, 0.1) is 6.92 Å². The molecule has 8 heteroatoms. The number of amides is 2. The summed E-state index contributed by atoms with van der Waals surface area (Å²) in [6, 6.07) is 18.2. The first-order valence-electron chi connectivity index (χ1n) is 11.0. The summed E-state index contributed by atoms with van der Waals surface area (Å²) >= 11 is 13.1. The van der Waals surface area contributed by atoms with Crippen LogP contribution in [-0.4, -0.2) is 23.6 Å². The van der Waals surface area contributed by atoms with E-state index in [9.17, 15) is 9.59 Å². The van der Waals surface area contributed by atoms with Crippen molar-refractivity contribution >= 4 is 61.1 Å². The first-order chi connectivity index (χ1) is 16.4. The predicted octanol–water partition coefficient (Wildman–Crippen LogP) is 7.91. The van der Waals surface area contributed by atoms with Crippen LogP contribution < -0.4 is 10.6 Å². The Balaban J connectivity index is 1.82. The van der Waals surface area contributed by atoms with Crippen LogP contribution in [0.15, 0.2) is 69.6 Å². The second-order valence-corrected chi connectivity index (χ2v) is 11.5. The smallest absolute Gasteiger partial charge is 0.408 e. The predicted molar refractivity (Wildman–Crippen MR) is 149 cm³/mol. The van der Waals surface area contributed by atoms with Gasteiger partial charge in [0.25, 0.3) is 0 Å². The highest BCUT2D eigenvalue weighted by Gasteiger charge is 2.25. The molecule has 0 aliphatic rings. The van der Waals surface area contributed by atoms with Gasteiger partial charge in [0.1, 0.15) is 11.6 Å². The van der Waals surface area contributed by atoms with Crippen LogP contribution in [-0.2, 0) is 16.0 Å². The standard InChI is InChI=1S/C27H27Br2ClN2O3/c1-16-10-19(18-6-5-7-22(30)14-18)8-9-23(16)31-25(33)24(32-26(34)35-27(2,3)4)13-17-11-20(28)15-21(29)12-17/h5-12,14-15,24H,13H2,1-4H3,(H,31,33)(H,32,34). The van der Waals surface area contributed by atoms with Gasteiger partial charge in [-0.2, -0.15) is 0 Å². The number of rotatable bonds is 6. The maximum Gasteiger partial charge on any atom is 0.408 e. The third-order valence-corrected chi connectivity index (χ3v) is 6.16. The molecule has 0 fully saturated rings. The molecule has 0 spiro atoms. The quantitative estimate of drug-likeness (QED) is 0.294. The molecule has 0 aromatic heterocycles. The lowest BCUT2D eigenvalue weighted by atomic mass is 10.0. The van der Waals surface area contributed by atoms with Crippen molar-refractivity contribution in [3.8, 4) is 11.1 Å². The van der Waals surface area contributed by atoms with Gasteiger partial charge in [-0.15, -0.1) is 0 Å². The fourth-order valence-electron chi connectivity index (χ4n) is 3.49. The first kappa shape index (κ1) is 27.2. The zero-order chi connectivity index (χ0) is 25.8. The van der Waals surface area contributed by atoms with Gasteiger partial charge in [0.15, 0.2) is 0 Å². The van der Waals surface area contributed by atoms with E-state index in [2.05, 4.69) is 42.5 Å². The molecule has 0 saturated heterocycles. The van der Waals surface area contributed by atoms with Crippen LogP contribution in [0.4, 0.5) is 10.5 Å². The Labute approximate surface area is 227 Å². The van der Waals surface area contributed by atoms with Gasteiger partial charge in [0.05, 0.1) is 0 Å². The van der Waals surface area contributed by atoms with Crippen LogP contribution in [0.5, 0.6) is 0 Å². The van der Waals surface area contributed by atoms with E-state index in [1.807, 2.05) is 67.6 Å². The SMILES string of the molecule is Cc1cc(-c2cccc(Cl)c2)ccc1NC(=O)C(Cc1cc(Br)cc(Br)c1)NC(=O)OC(C)(C)C. The number of anilines is 1. The molecular formula is C27H27Br2ClN2O3. The molecule has 3 aromatic rings. The molecule has 0 aliphatic carbocycles. The molecule has 5 nitrogen and oxygen atoms in total. The fraction of sp³-hybridized carbons (Fsp3) is 0.259. The summed E-state index contributed by atoms with van der Waals surface area (Å²) in [6.45, 7) is 7.25. The lowest BCUT2D eigenvalue weighted by Crippen LogP contribution is -2.47. The third-order valence-electron chi connectivity index (χ3n) is 5.01. The highest BCUT2D eigenvalue weighted by Crippen LogP contribution is 2.27. The largest absolute Gasteiger partial charge is 0.444 e. The highest BCUT2D eigenvalue weighted by atomic mass is 79.9. The molecule has 1 atom stereocenters.